The van der Waals surface area contributed by atoms with Gasteiger partial charge in [0.05, 0.1) is 12.5 Å². The van der Waals surface area contributed by atoms with Gasteiger partial charge >= 0.3 is 0 Å². The highest BCUT2D eigenvalue weighted by atomic mass is 32.2. The molecule has 0 radical (unpaired) electrons. The SMILES string of the molecule is CC(C)(CCCN)CNS(=O)(=O)c1cnc[nH]1. The highest BCUT2D eigenvalue weighted by molar-refractivity contribution is 7.89. The highest BCUT2D eigenvalue weighted by Gasteiger charge is 2.22. The molecule has 0 fully saturated rings. The number of rotatable bonds is 7. The zero-order valence-electron chi connectivity index (χ0n) is 10.2. The molecule has 0 spiro atoms. The number of nitrogens with one attached hydrogen (secondary N) is 2. The fourth-order valence-corrected chi connectivity index (χ4v) is 2.57. The zero-order chi connectivity index (χ0) is 12.9. The Morgan fingerprint density at radius 3 is 2.76 bits per heavy atom. The minimum Gasteiger partial charge on any atom is -0.335 e. The molecular formula is C10H20N4O2S. The van der Waals surface area contributed by atoms with Crippen molar-refractivity contribution >= 4 is 10.0 Å². The molecule has 0 saturated heterocycles. The van der Waals surface area contributed by atoms with Crippen LogP contribution in [0.3, 0.4) is 0 Å². The molecule has 1 heterocycles. The van der Waals surface area contributed by atoms with Crippen molar-refractivity contribution in [2.45, 2.75) is 31.7 Å². The van der Waals surface area contributed by atoms with Crippen LogP contribution < -0.4 is 10.5 Å². The summed E-state index contributed by atoms with van der Waals surface area (Å²) in [6.07, 6.45) is 4.40. The lowest BCUT2D eigenvalue weighted by molar-refractivity contribution is 0.327. The molecule has 1 rings (SSSR count). The van der Waals surface area contributed by atoms with Crippen LogP contribution >= 0.6 is 0 Å². The Morgan fingerprint density at radius 2 is 2.24 bits per heavy atom. The van der Waals surface area contributed by atoms with Gasteiger partial charge in [0.25, 0.3) is 10.0 Å². The molecule has 98 valence electrons. The second-order valence-corrected chi connectivity index (χ2v) is 6.53. The van der Waals surface area contributed by atoms with Gasteiger partial charge < -0.3 is 10.7 Å². The summed E-state index contributed by atoms with van der Waals surface area (Å²) >= 11 is 0. The van der Waals surface area contributed by atoms with Crippen molar-refractivity contribution in [1.82, 2.24) is 14.7 Å². The Morgan fingerprint density at radius 1 is 1.53 bits per heavy atom. The third kappa shape index (κ3) is 4.45. The third-order valence-corrected chi connectivity index (χ3v) is 3.89. The second kappa shape index (κ2) is 5.61. The van der Waals surface area contributed by atoms with E-state index in [9.17, 15) is 8.42 Å². The van der Waals surface area contributed by atoms with Crippen molar-refractivity contribution in [2.75, 3.05) is 13.1 Å². The predicted molar refractivity (Wildman–Crippen MR) is 65.8 cm³/mol. The summed E-state index contributed by atoms with van der Waals surface area (Å²) in [5.74, 6) is 0. The van der Waals surface area contributed by atoms with E-state index in [0.29, 0.717) is 13.1 Å². The number of aromatic nitrogens is 2. The molecule has 0 amide bonds. The number of sulfonamides is 1. The predicted octanol–water partition coefficient (Wildman–Crippen LogP) is 0.453. The Balaban J connectivity index is 2.56. The van der Waals surface area contributed by atoms with Crippen molar-refractivity contribution in [3.05, 3.63) is 12.5 Å². The van der Waals surface area contributed by atoms with Crippen LogP contribution in [-0.2, 0) is 10.0 Å². The van der Waals surface area contributed by atoms with Gasteiger partial charge in [0.2, 0.25) is 0 Å². The quantitative estimate of drug-likeness (QED) is 0.662. The van der Waals surface area contributed by atoms with Crippen LogP contribution in [0.4, 0.5) is 0 Å². The fourth-order valence-electron chi connectivity index (χ4n) is 1.43. The van der Waals surface area contributed by atoms with Gasteiger partial charge in [0.15, 0.2) is 5.03 Å². The van der Waals surface area contributed by atoms with Gasteiger partial charge in [0.1, 0.15) is 0 Å². The summed E-state index contributed by atoms with van der Waals surface area (Å²) in [7, 11) is -3.47. The molecule has 17 heavy (non-hydrogen) atoms. The van der Waals surface area contributed by atoms with E-state index in [1.165, 1.54) is 12.5 Å². The van der Waals surface area contributed by atoms with Crippen LogP contribution in [-0.4, -0.2) is 31.5 Å². The van der Waals surface area contributed by atoms with Crippen LogP contribution in [0.15, 0.2) is 17.6 Å². The Bertz CT molecular complexity index is 425. The van der Waals surface area contributed by atoms with E-state index in [2.05, 4.69) is 14.7 Å². The molecule has 0 aromatic carbocycles. The average Bonchev–Trinajstić information content (AvgIpc) is 2.78. The Kier molecular flexibility index (Phi) is 4.67. The summed E-state index contributed by atoms with van der Waals surface area (Å²) in [6.45, 7) is 5.03. The molecule has 0 atom stereocenters. The molecule has 0 saturated carbocycles. The first-order chi connectivity index (χ1) is 7.87. The van der Waals surface area contributed by atoms with E-state index >= 15 is 0 Å². The number of hydrogen-bond acceptors (Lipinski definition) is 4. The second-order valence-electron chi connectivity index (χ2n) is 4.80. The number of imidazole rings is 1. The standard InChI is InChI=1S/C10H20N4O2S/c1-10(2,4-3-5-11)7-14-17(15,16)9-6-12-8-13-9/h6,8,14H,3-5,7,11H2,1-2H3,(H,12,13). The molecule has 0 aliphatic rings. The smallest absolute Gasteiger partial charge is 0.257 e. The van der Waals surface area contributed by atoms with Gasteiger partial charge in [-0.1, -0.05) is 13.8 Å². The number of nitrogens with zero attached hydrogens (tertiary/aromatic N) is 1. The van der Waals surface area contributed by atoms with E-state index in [4.69, 9.17) is 5.73 Å². The van der Waals surface area contributed by atoms with Gasteiger partial charge in [0, 0.05) is 6.54 Å². The Hall–Kier alpha value is -0.920. The normalized spacial score (nSPS) is 12.9. The third-order valence-electron chi connectivity index (χ3n) is 2.56. The molecule has 0 bridgehead atoms. The van der Waals surface area contributed by atoms with E-state index in [1.807, 2.05) is 13.8 Å². The van der Waals surface area contributed by atoms with Gasteiger partial charge in [-0.2, -0.15) is 0 Å². The maximum absolute atomic E-state index is 11.8. The highest BCUT2D eigenvalue weighted by Crippen LogP contribution is 2.21. The summed E-state index contributed by atoms with van der Waals surface area (Å²) in [6, 6.07) is 0. The first-order valence-corrected chi connectivity index (χ1v) is 7.04. The average molecular weight is 260 g/mol. The molecule has 1 aromatic rings. The van der Waals surface area contributed by atoms with Crippen molar-refractivity contribution in [1.29, 1.82) is 0 Å². The van der Waals surface area contributed by atoms with Crippen LogP contribution in [0.2, 0.25) is 0 Å². The maximum Gasteiger partial charge on any atom is 0.257 e. The van der Waals surface area contributed by atoms with Crippen molar-refractivity contribution < 1.29 is 8.42 Å². The molecule has 0 aliphatic heterocycles. The minimum atomic E-state index is -3.47. The van der Waals surface area contributed by atoms with Crippen molar-refractivity contribution in [3.8, 4) is 0 Å². The number of hydrogen-bond donors (Lipinski definition) is 3. The van der Waals surface area contributed by atoms with Crippen molar-refractivity contribution in [2.24, 2.45) is 11.1 Å². The summed E-state index contributed by atoms with van der Waals surface area (Å²) in [4.78, 5) is 6.27. The maximum atomic E-state index is 11.8. The molecule has 0 unspecified atom stereocenters. The zero-order valence-corrected chi connectivity index (χ0v) is 11.0. The lowest BCUT2D eigenvalue weighted by Gasteiger charge is -2.24. The van der Waals surface area contributed by atoms with Gasteiger partial charge in [-0.3, -0.25) is 0 Å². The molecule has 6 nitrogen and oxygen atoms in total. The van der Waals surface area contributed by atoms with Crippen LogP contribution in [0.25, 0.3) is 0 Å². The van der Waals surface area contributed by atoms with E-state index < -0.39 is 10.0 Å². The lowest BCUT2D eigenvalue weighted by Crippen LogP contribution is -2.34. The molecule has 0 aliphatic carbocycles. The van der Waals surface area contributed by atoms with Crippen molar-refractivity contribution in [3.63, 3.8) is 0 Å². The summed E-state index contributed by atoms with van der Waals surface area (Å²) in [5, 5.41) is 0.0899. The van der Waals surface area contributed by atoms with E-state index in [0.717, 1.165) is 12.8 Å². The number of aromatic amines is 1. The van der Waals surface area contributed by atoms with Crippen LogP contribution in [0.5, 0.6) is 0 Å². The Labute approximate surface area is 102 Å². The molecular weight excluding hydrogens is 240 g/mol. The largest absolute Gasteiger partial charge is 0.335 e. The monoisotopic (exact) mass is 260 g/mol. The lowest BCUT2D eigenvalue weighted by atomic mass is 9.88. The van der Waals surface area contributed by atoms with Gasteiger partial charge in [-0.15, -0.1) is 0 Å². The first kappa shape index (κ1) is 14.1. The van der Waals surface area contributed by atoms with Crippen LogP contribution in [0, 0.1) is 5.41 Å². The van der Waals surface area contributed by atoms with Crippen LogP contribution in [0.1, 0.15) is 26.7 Å². The first-order valence-electron chi connectivity index (χ1n) is 5.55. The minimum absolute atomic E-state index is 0.0899. The molecule has 4 N–H and O–H groups in total. The van der Waals surface area contributed by atoms with Gasteiger partial charge in [-0.05, 0) is 24.8 Å². The number of nitrogens with two attached hydrogens (primary N) is 1. The van der Waals surface area contributed by atoms with E-state index in [1.54, 1.807) is 0 Å². The van der Waals surface area contributed by atoms with E-state index in [-0.39, 0.29) is 10.4 Å². The molecule has 1 aromatic heterocycles. The topological polar surface area (TPSA) is 101 Å². The van der Waals surface area contributed by atoms with Gasteiger partial charge in [-0.25, -0.2) is 18.1 Å². The number of H-pyrrole nitrogens is 1. The fraction of sp³-hybridized carbons (Fsp3) is 0.700. The molecule has 7 heteroatoms. The summed E-state index contributed by atoms with van der Waals surface area (Å²) < 4.78 is 26.2. The summed E-state index contributed by atoms with van der Waals surface area (Å²) in [5.41, 5.74) is 5.34.